The Balaban J connectivity index is 1.31. The Morgan fingerprint density at radius 3 is 2.43 bits per heavy atom. The highest BCUT2D eigenvalue weighted by Crippen LogP contribution is 2.39. The molecule has 0 spiro atoms. The molecule has 2 heterocycles. The molecular formula is C26H25ClN4O4S2. The summed E-state index contributed by atoms with van der Waals surface area (Å²) in [4.78, 5) is 22.2. The Bertz CT molecular complexity index is 1560. The highest BCUT2D eigenvalue weighted by molar-refractivity contribution is 7.92. The van der Waals surface area contributed by atoms with Gasteiger partial charge in [-0.05, 0) is 43.3 Å². The molecule has 5 rings (SSSR count). The van der Waals surface area contributed by atoms with Crippen molar-refractivity contribution >= 4 is 59.9 Å². The van der Waals surface area contributed by atoms with Gasteiger partial charge in [0.25, 0.3) is 15.9 Å². The van der Waals surface area contributed by atoms with Crippen molar-refractivity contribution in [2.24, 2.45) is 0 Å². The number of carbonyl (C=O) groups excluding carboxylic acids is 1. The zero-order valence-corrected chi connectivity index (χ0v) is 22.7. The van der Waals surface area contributed by atoms with E-state index in [1.807, 2.05) is 6.92 Å². The third-order valence-electron chi connectivity index (χ3n) is 6.24. The molecule has 192 valence electrons. The maximum atomic E-state index is 13.4. The molecule has 1 aromatic heterocycles. The number of sulfonamides is 1. The first-order valence-electron chi connectivity index (χ1n) is 11.6. The predicted molar refractivity (Wildman–Crippen MR) is 148 cm³/mol. The SMILES string of the molecule is COc1ccc(Cl)c2sc(N3CCN(C(=O)c4ccccc4NS(=O)(=O)c4ccc(C)cc4)CC3)nc12. The summed E-state index contributed by atoms with van der Waals surface area (Å²) in [5.74, 6) is 0.441. The third-order valence-corrected chi connectivity index (χ3v) is 9.20. The maximum Gasteiger partial charge on any atom is 0.261 e. The summed E-state index contributed by atoms with van der Waals surface area (Å²) in [6.07, 6.45) is 0. The van der Waals surface area contributed by atoms with Crippen molar-refractivity contribution in [2.75, 3.05) is 42.9 Å². The molecule has 1 saturated heterocycles. The minimum atomic E-state index is -3.84. The zero-order valence-electron chi connectivity index (χ0n) is 20.3. The molecule has 0 saturated carbocycles. The van der Waals surface area contributed by atoms with E-state index in [2.05, 4.69) is 9.62 Å². The second-order valence-electron chi connectivity index (χ2n) is 8.67. The van der Waals surface area contributed by atoms with E-state index in [4.69, 9.17) is 21.3 Å². The fourth-order valence-electron chi connectivity index (χ4n) is 4.19. The van der Waals surface area contributed by atoms with Gasteiger partial charge in [-0.25, -0.2) is 13.4 Å². The van der Waals surface area contributed by atoms with Crippen molar-refractivity contribution in [3.8, 4) is 5.75 Å². The largest absolute Gasteiger partial charge is 0.494 e. The Kier molecular flexibility index (Phi) is 6.98. The van der Waals surface area contributed by atoms with Crippen LogP contribution in [0.25, 0.3) is 10.2 Å². The molecule has 4 aromatic rings. The van der Waals surface area contributed by atoms with Crippen molar-refractivity contribution in [3.63, 3.8) is 0 Å². The van der Waals surface area contributed by atoms with Crippen LogP contribution >= 0.6 is 22.9 Å². The standard InChI is InChI=1S/C26H25ClN4O4S2/c1-17-7-9-18(10-8-17)37(33,34)29-21-6-4-3-5-19(21)25(32)30-13-15-31(16-14-30)26-28-23-22(35-2)12-11-20(27)24(23)36-26/h3-12,29H,13-16H2,1-2H3. The number of aryl methyl sites for hydroxylation is 1. The summed E-state index contributed by atoms with van der Waals surface area (Å²) in [7, 11) is -2.24. The van der Waals surface area contributed by atoms with E-state index in [9.17, 15) is 13.2 Å². The molecule has 1 aliphatic rings. The quantitative estimate of drug-likeness (QED) is 0.358. The van der Waals surface area contributed by atoms with Gasteiger partial charge in [0, 0.05) is 26.2 Å². The van der Waals surface area contributed by atoms with Crippen molar-refractivity contribution in [2.45, 2.75) is 11.8 Å². The molecule has 1 aliphatic heterocycles. The van der Waals surface area contributed by atoms with Crippen LogP contribution in [0.2, 0.25) is 5.02 Å². The highest BCUT2D eigenvalue weighted by Gasteiger charge is 2.27. The monoisotopic (exact) mass is 556 g/mol. The van der Waals surface area contributed by atoms with Gasteiger partial charge in [-0.1, -0.05) is 52.8 Å². The topological polar surface area (TPSA) is 91.8 Å². The Morgan fingerprint density at radius 2 is 1.73 bits per heavy atom. The molecule has 11 heteroatoms. The smallest absolute Gasteiger partial charge is 0.261 e. The number of aromatic nitrogens is 1. The number of hydrogen-bond acceptors (Lipinski definition) is 7. The van der Waals surface area contributed by atoms with E-state index < -0.39 is 10.0 Å². The Labute approximate surface area is 224 Å². The van der Waals surface area contributed by atoms with Gasteiger partial charge < -0.3 is 14.5 Å². The first kappa shape index (κ1) is 25.3. The number of carbonyl (C=O) groups is 1. The van der Waals surface area contributed by atoms with Gasteiger partial charge in [-0.3, -0.25) is 9.52 Å². The van der Waals surface area contributed by atoms with Gasteiger partial charge in [-0.2, -0.15) is 0 Å². The van der Waals surface area contributed by atoms with E-state index in [0.29, 0.717) is 42.5 Å². The van der Waals surface area contributed by atoms with E-state index >= 15 is 0 Å². The number of anilines is 2. The minimum Gasteiger partial charge on any atom is -0.494 e. The lowest BCUT2D eigenvalue weighted by Gasteiger charge is -2.34. The molecule has 0 atom stereocenters. The number of nitrogens with zero attached hydrogens (tertiary/aromatic N) is 3. The number of rotatable bonds is 6. The number of fused-ring (bicyclic) bond motifs is 1. The van der Waals surface area contributed by atoms with E-state index in [-0.39, 0.29) is 16.5 Å². The van der Waals surface area contributed by atoms with Crippen LogP contribution in [0.5, 0.6) is 5.75 Å². The van der Waals surface area contributed by atoms with Crippen LogP contribution < -0.4 is 14.4 Å². The zero-order chi connectivity index (χ0) is 26.2. The van der Waals surface area contributed by atoms with Gasteiger partial charge >= 0.3 is 0 Å². The van der Waals surface area contributed by atoms with Crippen LogP contribution in [-0.4, -0.2) is 57.5 Å². The molecular weight excluding hydrogens is 532 g/mol. The average molecular weight is 557 g/mol. The average Bonchev–Trinajstić information content (AvgIpc) is 3.36. The number of thiazole rings is 1. The normalized spacial score (nSPS) is 14.1. The van der Waals surface area contributed by atoms with Crippen LogP contribution in [0.3, 0.4) is 0 Å². The third kappa shape index (κ3) is 5.09. The number of nitrogens with one attached hydrogen (secondary N) is 1. The number of benzene rings is 3. The summed E-state index contributed by atoms with van der Waals surface area (Å²) in [6, 6.07) is 16.8. The number of piperazine rings is 1. The van der Waals surface area contributed by atoms with Crippen molar-refractivity contribution in [1.29, 1.82) is 0 Å². The summed E-state index contributed by atoms with van der Waals surface area (Å²) >= 11 is 7.87. The van der Waals surface area contributed by atoms with Crippen molar-refractivity contribution in [3.05, 3.63) is 76.8 Å². The molecule has 0 aliphatic carbocycles. The van der Waals surface area contributed by atoms with Crippen LogP contribution in [0, 0.1) is 6.92 Å². The van der Waals surface area contributed by atoms with Gasteiger partial charge in [0.05, 0.1) is 33.0 Å². The number of halogens is 1. The van der Waals surface area contributed by atoms with Gasteiger partial charge in [0.15, 0.2) is 5.13 Å². The van der Waals surface area contributed by atoms with Gasteiger partial charge in [-0.15, -0.1) is 0 Å². The van der Waals surface area contributed by atoms with E-state index in [1.165, 1.54) is 11.3 Å². The first-order valence-corrected chi connectivity index (χ1v) is 14.3. The van der Waals surface area contributed by atoms with Crippen LogP contribution in [0.1, 0.15) is 15.9 Å². The lowest BCUT2D eigenvalue weighted by molar-refractivity contribution is 0.0748. The highest BCUT2D eigenvalue weighted by atomic mass is 35.5. The van der Waals surface area contributed by atoms with E-state index in [0.717, 1.165) is 20.9 Å². The molecule has 8 nitrogen and oxygen atoms in total. The molecule has 0 radical (unpaired) electrons. The fourth-order valence-corrected chi connectivity index (χ4v) is 6.58. The molecule has 3 aromatic carbocycles. The minimum absolute atomic E-state index is 0.140. The number of hydrogen-bond donors (Lipinski definition) is 1. The van der Waals surface area contributed by atoms with Crippen LogP contribution in [0.15, 0.2) is 65.6 Å². The van der Waals surface area contributed by atoms with Crippen molar-refractivity contribution < 1.29 is 17.9 Å². The number of ether oxygens (including phenoxy) is 1. The maximum absolute atomic E-state index is 13.4. The van der Waals surface area contributed by atoms with Gasteiger partial charge in [0.2, 0.25) is 0 Å². The number of amides is 1. The summed E-state index contributed by atoms with van der Waals surface area (Å²) in [5.41, 5.74) is 2.25. The molecule has 1 N–H and O–H groups in total. The van der Waals surface area contributed by atoms with Gasteiger partial charge in [0.1, 0.15) is 11.3 Å². The molecule has 0 unspecified atom stereocenters. The van der Waals surface area contributed by atoms with Crippen LogP contribution in [-0.2, 0) is 10.0 Å². The van der Waals surface area contributed by atoms with Crippen molar-refractivity contribution in [1.82, 2.24) is 9.88 Å². The second-order valence-corrected chi connectivity index (χ2v) is 11.7. The molecule has 37 heavy (non-hydrogen) atoms. The Hall–Kier alpha value is -3.34. The Morgan fingerprint density at radius 1 is 1.03 bits per heavy atom. The lowest BCUT2D eigenvalue weighted by atomic mass is 10.1. The summed E-state index contributed by atoms with van der Waals surface area (Å²) < 4.78 is 34.8. The predicted octanol–water partition coefficient (Wildman–Crippen LogP) is 5.03. The second kappa shape index (κ2) is 10.2. The fraction of sp³-hybridized carbons (Fsp3) is 0.231. The number of para-hydroxylation sites is 1. The molecule has 1 fully saturated rings. The molecule has 0 bridgehead atoms. The van der Waals surface area contributed by atoms with Crippen LogP contribution in [0.4, 0.5) is 10.8 Å². The lowest BCUT2D eigenvalue weighted by Crippen LogP contribution is -2.48. The summed E-state index contributed by atoms with van der Waals surface area (Å²) in [6.45, 7) is 4.00. The number of methoxy groups -OCH3 is 1. The molecule has 1 amide bonds. The van der Waals surface area contributed by atoms with E-state index in [1.54, 1.807) is 72.7 Å². The first-order chi connectivity index (χ1) is 17.8. The summed E-state index contributed by atoms with van der Waals surface area (Å²) in [5, 5.41) is 1.44.